The number of piperidine rings is 1. The molecule has 1 rings (SSSR count). The zero-order valence-corrected chi connectivity index (χ0v) is 10.9. The number of carbonyl (C=O) groups excluding carboxylic acids is 2. The molecule has 0 aromatic carbocycles. The predicted octanol–water partition coefficient (Wildman–Crippen LogP) is 0.773. The van der Waals surface area contributed by atoms with Crippen LogP contribution in [0.1, 0.15) is 40.5 Å². The second kappa shape index (κ2) is 4.55. The third kappa shape index (κ3) is 3.61. The molecule has 0 radical (unpaired) electrons. The number of likely N-dealkylation sites (tertiary alicyclic amines) is 1. The number of nitrogens with zero attached hydrogens (tertiary/aromatic N) is 1. The molecule has 1 heterocycles. The molecule has 0 aromatic rings. The van der Waals surface area contributed by atoms with E-state index in [1.807, 2.05) is 0 Å². The molecular formula is C12H20NO4-. The maximum absolute atomic E-state index is 11.7. The second-order valence-electron chi connectivity index (χ2n) is 5.82. The Hall–Kier alpha value is -1.26. The molecule has 0 unspecified atom stereocenters. The molecule has 1 amide bonds. The second-order valence-corrected chi connectivity index (χ2v) is 5.82. The highest BCUT2D eigenvalue weighted by atomic mass is 16.6. The summed E-state index contributed by atoms with van der Waals surface area (Å²) in [5, 5.41) is 10.9. The molecule has 5 heteroatoms. The van der Waals surface area contributed by atoms with Gasteiger partial charge in [-0.3, -0.25) is 0 Å². The average Bonchev–Trinajstić information content (AvgIpc) is 2.15. The Morgan fingerprint density at radius 1 is 1.24 bits per heavy atom. The summed E-state index contributed by atoms with van der Waals surface area (Å²) in [6.45, 7) is 7.88. The van der Waals surface area contributed by atoms with E-state index < -0.39 is 17.0 Å². The highest BCUT2D eigenvalue weighted by Gasteiger charge is 2.34. The molecule has 98 valence electrons. The number of amides is 1. The quantitative estimate of drug-likeness (QED) is 0.681. The Morgan fingerprint density at radius 3 is 2.06 bits per heavy atom. The van der Waals surface area contributed by atoms with Crippen molar-refractivity contribution in [1.29, 1.82) is 0 Å². The molecular weight excluding hydrogens is 222 g/mol. The normalized spacial score (nSPS) is 19.9. The maximum Gasteiger partial charge on any atom is 0.410 e. The molecule has 0 bridgehead atoms. The van der Waals surface area contributed by atoms with Crippen LogP contribution in [0.4, 0.5) is 4.79 Å². The van der Waals surface area contributed by atoms with Crippen molar-refractivity contribution in [2.45, 2.75) is 46.1 Å². The van der Waals surface area contributed by atoms with Crippen molar-refractivity contribution in [3.63, 3.8) is 0 Å². The number of ether oxygens (including phenoxy) is 1. The van der Waals surface area contributed by atoms with E-state index in [0.29, 0.717) is 25.9 Å². The fraction of sp³-hybridized carbons (Fsp3) is 0.833. The Bertz CT molecular complexity index is 311. The first-order valence-electron chi connectivity index (χ1n) is 5.83. The lowest BCUT2D eigenvalue weighted by atomic mass is 9.81. The molecule has 1 aliphatic rings. The summed E-state index contributed by atoms with van der Waals surface area (Å²) in [5.74, 6) is -1.04. The molecule has 1 saturated heterocycles. The Kier molecular flexibility index (Phi) is 3.69. The van der Waals surface area contributed by atoms with Crippen LogP contribution in [0, 0.1) is 5.41 Å². The molecule has 0 spiro atoms. The lowest BCUT2D eigenvalue weighted by molar-refractivity contribution is -0.320. The van der Waals surface area contributed by atoms with Gasteiger partial charge in [0, 0.05) is 24.5 Å². The van der Waals surface area contributed by atoms with Crippen LogP contribution in [0.15, 0.2) is 0 Å². The van der Waals surface area contributed by atoms with Gasteiger partial charge in [0.1, 0.15) is 5.60 Å². The zero-order chi connectivity index (χ0) is 13.3. The van der Waals surface area contributed by atoms with Crippen LogP contribution in [0.3, 0.4) is 0 Å². The van der Waals surface area contributed by atoms with Gasteiger partial charge in [0.05, 0.1) is 0 Å². The highest BCUT2D eigenvalue weighted by Crippen LogP contribution is 2.30. The molecule has 0 aliphatic carbocycles. The number of carbonyl (C=O) groups is 2. The smallest absolute Gasteiger partial charge is 0.410 e. The van der Waals surface area contributed by atoms with Crippen LogP contribution in [-0.4, -0.2) is 35.7 Å². The van der Waals surface area contributed by atoms with Crippen molar-refractivity contribution in [3.05, 3.63) is 0 Å². The van der Waals surface area contributed by atoms with Gasteiger partial charge in [-0.25, -0.2) is 4.79 Å². The van der Waals surface area contributed by atoms with E-state index in [-0.39, 0.29) is 6.09 Å². The van der Waals surface area contributed by atoms with E-state index in [4.69, 9.17) is 4.74 Å². The topological polar surface area (TPSA) is 69.7 Å². The summed E-state index contributed by atoms with van der Waals surface area (Å²) in [4.78, 5) is 24.2. The molecule has 1 fully saturated rings. The number of aliphatic carboxylic acids is 1. The fourth-order valence-corrected chi connectivity index (χ4v) is 1.71. The zero-order valence-electron chi connectivity index (χ0n) is 10.9. The molecule has 5 nitrogen and oxygen atoms in total. The van der Waals surface area contributed by atoms with Gasteiger partial charge in [-0.2, -0.15) is 0 Å². The average molecular weight is 242 g/mol. The van der Waals surface area contributed by atoms with Crippen LogP contribution in [0.25, 0.3) is 0 Å². The van der Waals surface area contributed by atoms with Gasteiger partial charge in [0.25, 0.3) is 0 Å². The van der Waals surface area contributed by atoms with E-state index in [1.54, 1.807) is 32.6 Å². The maximum atomic E-state index is 11.7. The molecule has 0 saturated carbocycles. The van der Waals surface area contributed by atoms with Crippen LogP contribution in [-0.2, 0) is 9.53 Å². The standard InChI is InChI=1S/C12H21NO4/c1-11(2,3)17-10(16)13-7-5-12(4,6-8-13)9(14)15/h5-8H2,1-4H3,(H,14,15)/p-1. The van der Waals surface area contributed by atoms with Gasteiger partial charge in [-0.15, -0.1) is 0 Å². The van der Waals surface area contributed by atoms with Crippen LogP contribution < -0.4 is 5.11 Å². The van der Waals surface area contributed by atoms with Gasteiger partial charge in [0.15, 0.2) is 0 Å². The van der Waals surface area contributed by atoms with Crippen LogP contribution in [0.5, 0.6) is 0 Å². The summed E-state index contributed by atoms with van der Waals surface area (Å²) in [6, 6.07) is 0. The SMILES string of the molecule is CC(C)(C)OC(=O)N1CCC(C)(C(=O)[O-])CC1. The molecule has 0 N–H and O–H groups in total. The van der Waals surface area contributed by atoms with E-state index in [0.717, 1.165) is 0 Å². The summed E-state index contributed by atoms with van der Waals surface area (Å²) in [7, 11) is 0. The Labute approximate surface area is 102 Å². The van der Waals surface area contributed by atoms with Crippen molar-refractivity contribution in [2.24, 2.45) is 5.41 Å². The molecule has 1 aliphatic heterocycles. The lowest BCUT2D eigenvalue weighted by Gasteiger charge is -2.40. The van der Waals surface area contributed by atoms with Gasteiger partial charge >= 0.3 is 6.09 Å². The minimum atomic E-state index is -1.04. The summed E-state index contributed by atoms with van der Waals surface area (Å²) in [6.07, 6.45) is 0.446. The number of carboxylic acid groups (broad SMARTS) is 1. The number of hydrogen-bond donors (Lipinski definition) is 0. The van der Waals surface area contributed by atoms with E-state index in [1.165, 1.54) is 0 Å². The first-order chi connectivity index (χ1) is 7.64. The minimum Gasteiger partial charge on any atom is -0.550 e. The van der Waals surface area contributed by atoms with Crippen molar-refractivity contribution in [1.82, 2.24) is 4.90 Å². The third-order valence-electron chi connectivity index (χ3n) is 3.01. The number of hydrogen-bond acceptors (Lipinski definition) is 4. The first-order valence-corrected chi connectivity index (χ1v) is 5.83. The van der Waals surface area contributed by atoms with Crippen molar-refractivity contribution < 1.29 is 19.4 Å². The monoisotopic (exact) mass is 242 g/mol. The Morgan fingerprint density at radius 2 is 1.71 bits per heavy atom. The molecule has 0 atom stereocenters. The Balaban J connectivity index is 2.53. The van der Waals surface area contributed by atoms with E-state index in [2.05, 4.69) is 0 Å². The predicted molar refractivity (Wildman–Crippen MR) is 60.2 cm³/mol. The van der Waals surface area contributed by atoms with Crippen molar-refractivity contribution in [2.75, 3.05) is 13.1 Å². The number of rotatable bonds is 1. The molecule has 17 heavy (non-hydrogen) atoms. The van der Waals surface area contributed by atoms with Gasteiger partial charge in [-0.1, -0.05) is 6.92 Å². The third-order valence-corrected chi connectivity index (χ3v) is 3.01. The number of carboxylic acids is 1. The van der Waals surface area contributed by atoms with Gasteiger partial charge in [-0.05, 0) is 33.6 Å². The summed E-state index contributed by atoms with van der Waals surface area (Å²) in [5.41, 5.74) is -1.34. The van der Waals surface area contributed by atoms with E-state index in [9.17, 15) is 14.7 Å². The van der Waals surface area contributed by atoms with Gasteiger partial charge < -0.3 is 19.5 Å². The van der Waals surface area contributed by atoms with Gasteiger partial charge in [0.2, 0.25) is 0 Å². The lowest BCUT2D eigenvalue weighted by Crippen LogP contribution is -2.50. The van der Waals surface area contributed by atoms with Crippen molar-refractivity contribution in [3.8, 4) is 0 Å². The van der Waals surface area contributed by atoms with Crippen LogP contribution >= 0.6 is 0 Å². The summed E-state index contributed by atoms with van der Waals surface area (Å²) >= 11 is 0. The highest BCUT2D eigenvalue weighted by molar-refractivity contribution is 5.73. The largest absolute Gasteiger partial charge is 0.550 e. The first kappa shape index (κ1) is 13.8. The summed E-state index contributed by atoms with van der Waals surface area (Å²) < 4.78 is 5.23. The van der Waals surface area contributed by atoms with E-state index >= 15 is 0 Å². The fourth-order valence-electron chi connectivity index (χ4n) is 1.71. The molecule has 0 aromatic heterocycles. The van der Waals surface area contributed by atoms with Crippen molar-refractivity contribution >= 4 is 12.1 Å². The minimum absolute atomic E-state index is 0.377. The van der Waals surface area contributed by atoms with Crippen LogP contribution in [0.2, 0.25) is 0 Å².